The Morgan fingerprint density at radius 1 is 0.687 bits per heavy atom. The molecule has 3 aliphatic heterocycles. The molecule has 0 radical (unpaired) electrons. The largest absolute Gasteiger partial charge is 0.465 e. The minimum Gasteiger partial charge on any atom is -0.465 e. The second-order valence-corrected chi connectivity index (χ2v) is 17.0. The predicted octanol–water partition coefficient (Wildman–Crippen LogP) is 6.42. The number of likely N-dealkylation sites (tertiary alicyclic amines) is 2. The summed E-state index contributed by atoms with van der Waals surface area (Å²) >= 11 is 0. The number of carbonyl (C=O) groups is 6. The zero-order valence-corrected chi connectivity index (χ0v) is 38.2. The van der Waals surface area contributed by atoms with Crippen LogP contribution in [0.5, 0.6) is 0 Å². The van der Waals surface area contributed by atoms with Crippen LogP contribution < -0.4 is 20.9 Å². The second-order valence-electron chi connectivity index (χ2n) is 17.0. The van der Waals surface area contributed by atoms with Crippen molar-refractivity contribution in [2.45, 2.75) is 107 Å². The number of hydrogen-bond donors (Lipinski definition) is 4. The summed E-state index contributed by atoms with van der Waals surface area (Å²) in [4.78, 5) is 84.2. The van der Waals surface area contributed by atoms with Crippen molar-refractivity contribution in [1.82, 2.24) is 20.0 Å². The van der Waals surface area contributed by atoms with Gasteiger partial charge >= 0.3 is 18.4 Å². The average Bonchev–Trinajstić information content (AvgIpc) is 4.12. The van der Waals surface area contributed by atoms with Crippen LogP contribution in [-0.2, 0) is 39.6 Å². The van der Waals surface area contributed by atoms with Crippen LogP contribution in [0.25, 0.3) is 0 Å². The first-order valence-electron chi connectivity index (χ1n) is 22.1. The highest BCUT2D eigenvalue weighted by atomic mass is 19.4. The van der Waals surface area contributed by atoms with Crippen LogP contribution in [0.3, 0.4) is 0 Å². The molecule has 0 aromatic heterocycles. The maximum Gasteiger partial charge on any atom is 0.416 e. The van der Waals surface area contributed by atoms with Gasteiger partial charge in [-0.15, -0.1) is 0 Å². The Kier molecular flexibility index (Phi) is 16.0. The molecule has 3 aromatic carbocycles. The molecule has 0 spiro atoms. The van der Waals surface area contributed by atoms with Crippen molar-refractivity contribution in [3.05, 3.63) is 89.5 Å². The number of ether oxygens (including phenoxy) is 3. The van der Waals surface area contributed by atoms with E-state index in [0.717, 1.165) is 28.2 Å². The number of halogens is 3. The molecule has 6 amide bonds. The maximum absolute atomic E-state index is 13.7. The molecule has 3 aliphatic rings. The van der Waals surface area contributed by atoms with Gasteiger partial charge in [-0.3, -0.25) is 24.1 Å². The number of amides is 6. The summed E-state index contributed by atoms with van der Waals surface area (Å²) in [6.45, 7) is 3.79. The number of nitrogens with one attached hydrogen (secondary N) is 3. The predicted molar refractivity (Wildman–Crippen MR) is 240 cm³/mol. The van der Waals surface area contributed by atoms with Gasteiger partial charge in [0.1, 0.15) is 24.2 Å². The number of likely N-dealkylation sites (N-methyl/N-ethyl adjacent to an activating group) is 1. The number of benzene rings is 3. The van der Waals surface area contributed by atoms with Crippen molar-refractivity contribution in [3.8, 4) is 0 Å². The number of anilines is 3. The fourth-order valence-corrected chi connectivity index (χ4v) is 9.26. The van der Waals surface area contributed by atoms with Gasteiger partial charge in [0, 0.05) is 51.4 Å². The molecule has 3 aromatic rings. The van der Waals surface area contributed by atoms with Gasteiger partial charge in [0.25, 0.3) is 0 Å². The summed E-state index contributed by atoms with van der Waals surface area (Å²) in [6.07, 6.45) is -4.97. The Labute approximate surface area is 386 Å². The van der Waals surface area contributed by atoms with Gasteiger partial charge < -0.3 is 50.0 Å². The summed E-state index contributed by atoms with van der Waals surface area (Å²) in [6, 6.07) is 14.8. The molecule has 1 unspecified atom stereocenters. The average molecular weight is 938 g/mol. The first kappa shape index (κ1) is 50.0. The Morgan fingerprint density at radius 3 is 1.57 bits per heavy atom. The molecule has 0 bridgehead atoms. The Balaban J connectivity index is 1.18. The lowest BCUT2D eigenvalue weighted by Crippen LogP contribution is -2.56. The van der Waals surface area contributed by atoms with Gasteiger partial charge in [0.15, 0.2) is 0 Å². The van der Waals surface area contributed by atoms with Crippen LogP contribution in [0.4, 0.5) is 39.8 Å². The number of hydrogen-bond acceptors (Lipinski definition) is 10. The summed E-state index contributed by atoms with van der Waals surface area (Å²) in [7, 11) is 5.24. The smallest absolute Gasteiger partial charge is 0.416 e. The summed E-state index contributed by atoms with van der Waals surface area (Å²) in [5.41, 5.74) is 2.39. The number of carbonyl (C=O) groups excluding carboxylic acids is 5. The van der Waals surface area contributed by atoms with Crippen LogP contribution in [0, 0.1) is 0 Å². The number of carboxylic acid groups (broad SMARTS) is 1. The van der Waals surface area contributed by atoms with E-state index in [4.69, 9.17) is 9.47 Å². The van der Waals surface area contributed by atoms with Gasteiger partial charge in [0.2, 0.25) is 23.6 Å². The zero-order chi connectivity index (χ0) is 48.7. The van der Waals surface area contributed by atoms with Gasteiger partial charge in [-0.2, -0.15) is 13.2 Å². The third kappa shape index (κ3) is 11.2. The molecule has 4 N–H and O–H groups in total. The molecule has 6 rings (SSSR count). The van der Waals surface area contributed by atoms with E-state index in [1.807, 2.05) is 24.3 Å². The molecule has 20 heteroatoms. The Bertz CT molecular complexity index is 2250. The van der Waals surface area contributed by atoms with E-state index in [0.29, 0.717) is 62.1 Å². The third-order valence-electron chi connectivity index (χ3n) is 13.0. The number of alkyl halides is 3. The lowest BCUT2D eigenvalue weighted by molar-refractivity contribution is -0.144. The second kappa shape index (κ2) is 21.5. The molecule has 0 aliphatic carbocycles. The monoisotopic (exact) mass is 937 g/mol. The SMILES string of the molecule is COC(=O)N[C@H](C(=O)N1CCCC1C(=O)Nc1ccc([C@H]2CC[C@H](c3ccc(NC(=O)[C@@H]4CCCN4C(=O)[C@H]([C@@H](C)OC)N(C)C(=O)O)cc3)N2c2ccc(C(F)(F)F)cc2)cc1)[C@@H](C)OC. The summed E-state index contributed by atoms with van der Waals surface area (Å²) in [5.74, 6) is -1.85. The molecular formula is C47H58F3N7O10. The first-order valence-corrected chi connectivity index (χ1v) is 22.1. The highest BCUT2D eigenvalue weighted by Crippen LogP contribution is 2.47. The standard InChI is InChI=1S/C47H58F3N7O10/c1-27(65-4)39(53-45(62)67-6)43(60)55-25-7-9-37(55)41(58)51-32-17-11-29(12-18-32)35-23-24-36(57(35)34-21-15-31(16-22-34)47(48,49)50)30-13-19-33(20-14-30)52-42(59)38-10-8-26-56(38)44(61)40(28(2)66-5)54(3)46(63)64/h11-22,27-28,35-40H,7-10,23-26H2,1-6H3,(H,51,58)(H,52,59)(H,53,62)(H,63,64)/t27-,28-,35-,36-,37?,38+,39+,40+/m1/s1. The summed E-state index contributed by atoms with van der Waals surface area (Å²) in [5, 5.41) is 17.9. The third-order valence-corrected chi connectivity index (χ3v) is 13.0. The van der Waals surface area contributed by atoms with Crippen molar-refractivity contribution >= 4 is 52.9 Å². The van der Waals surface area contributed by atoms with Gasteiger partial charge in [0.05, 0.1) is 37.0 Å². The molecule has 3 heterocycles. The van der Waals surface area contributed by atoms with Crippen molar-refractivity contribution in [2.24, 2.45) is 0 Å². The van der Waals surface area contributed by atoms with Crippen LogP contribution in [0.15, 0.2) is 72.8 Å². The van der Waals surface area contributed by atoms with Gasteiger partial charge in [-0.05, 0) is 112 Å². The van der Waals surface area contributed by atoms with Crippen molar-refractivity contribution in [1.29, 1.82) is 0 Å². The topological polar surface area (TPSA) is 199 Å². The van der Waals surface area contributed by atoms with Crippen molar-refractivity contribution in [2.75, 3.05) is 57.0 Å². The minimum atomic E-state index is -4.53. The number of nitrogens with zero attached hydrogens (tertiary/aromatic N) is 4. The van der Waals surface area contributed by atoms with E-state index in [9.17, 15) is 47.0 Å². The highest BCUT2D eigenvalue weighted by Gasteiger charge is 2.43. The fourth-order valence-electron chi connectivity index (χ4n) is 9.26. The van der Waals surface area contributed by atoms with E-state index in [-0.39, 0.29) is 18.6 Å². The minimum absolute atomic E-state index is 0.270. The molecule has 8 atom stereocenters. The van der Waals surface area contributed by atoms with E-state index < -0.39 is 83.9 Å². The molecular weight excluding hydrogens is 880 g/mol. The van der Waals surface area contributed by atoms with Gasteiger partial charge in [-0.25, -0.2) is 9.59 Å². The number of alkyl carbamates (subject to hydrolysis) is 1. The molecule has 17 nitrogen and oxygen atoms in total. The quantitative estimate of drug-likeness (QED) is 0.131. The van der Waals surface area contributed by atoms with E-state index in [1.54, 1.807) is 38.1 Å². The van der Waals surface area contributed by atoms with E-state index in [2.05, 4.69) is 25.6 Å². The maximum atomic E-state index is 13.7. The number of methoxy groups -OCH3 is 3. The van der Waals surface area contributed by atoms with Crippen LogP contribution in [0.1, 0.15) is 81.1 Å². The van der Waals surface area contributed by atoms with Gasteiger partial charge in [-0.1, -0.05) is 24.3 Å². The Hall–Kier alpha value is -6.41. The zero-order valence-electron chi connectivity index (χ0n) is 38.2. The molecule has 362 valence electrons. The first-order chi connectivity index (χ1) is 31.9. The molecule has 67 heavy (non-hydrogen) atoms. The van der Waals surface area contributed by atoms with E-state index >= 15 is 0 Å². The lowest BCUT2D eigenvalue weighted by Gasteiger charge is -2.34. The van der Waals surface area contributed by atoms with Crippen molar-refractivity contribution in [3.63, 3.8) is 0 Å². The lowest BCUT2D eigenvalue weighted by atomic mass is 10.0. The Morgan fingerprint density at radius 2 is 1.15 bits per heavy atom. The fraction of sp³-hybridized carbons (Fsp3) is 0.489. The molecule has 3 saturated heterocycles. The number of rotatable bonds is 15. The highest BCUT2D eigenvalue weighted by molar-refractivity contribution is 6.00. The molecule has 3 fully saturated rings. The normalized spacial score (nSPS) is 21.2. The van der Waals surface area contributed by atoms with E-state index in [1.165, 1.54) is 50.3 Å². The summed E-state index contributed by atoms with van der Waals surface area (Å²) < 4.78 is 56.4. The van der Waals surface area contributed by atoms with Crippen LogP contribution in [0.2, 0.25) is 0 Å². The molecule has 0 saturated carbocycles. The van der Waals surface area contributed by atoms with Crippen LogP contribution >= 0.6 is 0 Å². The van der Waals surface area contributed by atoms with Crippen LogP contribution in [-0.4, -0.2) is 133 Å². The van der Waals surface area contributed by atoms with Crippen molar-refractivity contribution < 1.29 is 61.3 Å².